The van der Waals surface area contributed by atoms with Crippen LogP contribution in [0.15, 0.2) is 42.7 Å². The molecule has 6 nitrogen and oxygen atoms in total. The fraction of sp³-hybridized carbons (Fsp3) is 0.316. The first kappa shape index (κ1) is 17.8. The molecule has 3 rings (SSSR count). The van der Waals surface area contributed by atoms with Gasteiger partial charge < -0.3 is 14.5 Å². The van der Waals surface area contributed by atoms with Crippen LogP contribution in [0.3, 0.4) is 0 Å². The van der Waals surface area contributed by atoms with Gasteiger partial charge in [-0.15, -0.1) is 0 Å². The van der Waals surface area contributed by atoms with Crippen LogP contribution in [0.2, 0.25) is 0 Å². The molecule has 0 spiro atoms. The summed E-state index contributed by atoms with van der Waals surface area (Å²) in [6.07, 6.45) is 3.23. The largest absolute Gasteiger partial charge is 0.496 e. The predicted octanol–water partition coefficient (Wildman–Crippen LogP) is 1.76. The molecule has 0 saturated carbocycles. The average molecular weight is 357 g/mol. The zero-order chi connectivity index (χ0) is 18.5. The monoisotopic (exact) mass is 357 g/mol. The molecule has 0 radical (unpaired) electrons. The topological polar surface area (TPSA) is 62.7 Å². The third-order valence-electron chi connectivity index (χ3n) is 4.43. The lowest BCUT2D eigenvalue weighted by atomic mass is 10.1. The Kier molecular flexibility index (Phi) is 5.46. The maximum atomic E-state index is 13.4. The Morgan fingerprint density at radius 2 is 1.73 bits per heavy atom. The summed E-state index contributed by atoms with van der Waals surface area (Å²) in [5.74, 6) is -0.0798. The standard InChI is InChI=1S/C19H20FN3O3/c1-26-17-3-2-16(20)12-15(17)13-18(24)22-8-10-23(11-9-22)19(25)14-4-6-21-7-5-14/h2-7,12H,8-11,13H2,1H3. The van der Waals surface area contributed by atoms with Crippen molar-refractivity contribution in [1.29, 1.82) is 0 Å². The smallest absolute Gasteiger partial charge is 0.254 e. The second-order valence-electron chi connectivity index (χ2n) is 6.04. The van der Waals surface area contributed by atoms with E-state index in [1.54, 1.807) is 34.3 Å². The van der Waals surface area contributed by atoms with Crippen molar-refractivity contribution in [2.24, 2.45) is 0 Å². The van der Waals surface area contributed by atoms with Gasteiger partial charge in [0.2, 0.25) is 5.91 Å². The van der Waals surface area contributed by atoms with Gasteiger partial charge in [-0.25, -0.2) is 4.39 Å². The molecule has 26 heavy (non-hydrogen) atoms. The number of methoxy groups -OCH3 is 1. The zero-order valence-corrected chi connectivity index (χ0v) is 14.5. The Hall–Kier alpha value is -2.96. The summed E-state index contributed by atoms with van der Waals surface area (Å²) in [5, 5.41) is 0. The van der Waals surface area contributed by atoms with E-state index in [9.17, 15) is 14.0 Å². The Morgan fingerprint density at radius 3 is 2.38 bits per heavy atom. The van der Waals surface area contributed by atoms with E-state index in [4.69, 9.17) is 4.74 Å². The lowest BCUT2D eigenvalue weighted by molar-refractivity contribution is -0.131. The summed E-state index contributed by atoms with van der Waals surface area (Å²) in [6, 6.07) is 7.49. The average Bonchev–Trinajstić information content (AvgIpc) is 2.68. The summed E-state index contributed by atoms with van der Waals surface area (Å²) in [6.45, 7) is 1.83. The van der Waals surface area contributed by atoms with Gasteiger partial charge in [-0.1, -0.05) is 0 Å². The van der Waals surface area contributed by atoms with Gasteiger partial charge in [0.15, 0.2) is 0 Å². The highest BCUT2D eigenvalue weighted by Gasteiger charge is 2.25. The minimum absolute atomic E-state index is 0.0636. The molecule has 2 amide bonds. The van der Waals surface area contributed by atoms with Crippen molar-refractivity contribution in [3.05, 3.63) is 59.7 Å². The first-order chi connectivity index (χ1) is 12.6. The van der Waals surface area contributed by atoms with Crippen LogP contribution in [0.25, 0.3) is 0 Å². The molecule has 0 atom stereocenters. The van der Waals surface area contributed by atoms with Crippen molar-refractivity contribution >= 4 is 11.8 Å². The van der Waals surface area contributed by atoms with E-state index in [1.807, 2.05) is 0 Å². The molecule has 2 heterocycles. The van der Waals surface area contributed by atoms with Gasteiger partial charge in [0.05, 0.1) is 13.5 Å². The SMILES string of the molecule is COc1ccc(F)cc1CC(=O)N1CCN(C(=O)c2ccncc2)CC1. The number of halogens is 1. The Balaban J connectivity index is 1.59. The molecule has 0 N–H and O–H groups in total. The van der Waals surface area contributed by atoms with E-state index < -0.39 is 5.82 Å². The molecule has 2 aromatic rings. The number of benzene rings is 1. The van der Waals surface area contributed by atoms with Crippen LogP contribution in [0.4, 0.5) is 4.39 Å². The summed E-state index contributed by atoms with van der Waals surface area (Å²) in [5.41, 5.74) is 1.11. The number of carbonyl (C=O) groups is 2. The second kappa shape index (κ2) is 7.95. The molecule has 1 fully saturated rings. The molecule has 0 bridgehead atoms. The lowest BCUT2D eigenvalue weighted by Gasteiger charge is -2.35. The van der Waals surface area contributed by atoms with Gasteiger partial charge in [-0.05, 0) is 30.3 Å². The number of pyridine rings is 1. The van der Waals surface area contributed by atoms with Gasteiger partial charge in [0.1, 0.15) is 11.6 Å². The summed E-state index contributed by atoms with van der Waals surface area (Å²) in [4.78, 5) is 32.3. The number of amides is 2. The molecule has 136 valence electrons. The Labute approximate surface area is 151 Å². The quantitative estimate of drug-likeness (QED) is 0.836. The van der Waals surface area contributed by atoms with E-state index in [1.165, 1.54) is 25.3 Å². The maximum Gasteiger partial charge on any atom is 0.254 e. The van der Waals surface area contributed by atoms with Crippen LogP contribution in [-0.4, -0.2) is 59.9 Å². The Morgan fingerprint density at radius 1 is 1.08 bits per heavy atom. The van der Waals surface area contributed by atoms with Gasteiger partial charge in [0, 0.05) is 49.7 Å². The van der Waals surface area contributed by atoms with Crippen LogP contribution < -0.4 is 4.74 Å². The fourth-order valence-corrected chi connectivity index (χ4v) is 3.00. The zero-order valence-electron chi connectivity index (χ0n) is 14.5. The molecule has 1 aromatic carbocycles. The molecular formula is C19H20FN3O3. The van der Waals surface area contributed by atoms with E-state index >= 15 is 0 Å². The van der Waals surface area contributed by atoms with Crippen LogP contribution in [0.5, 0.6) is 5.75 Å². The van der Waals surface area contributed by atoms with E-state index in [2.05, 4.69) is 4.98 Å². The minimum atomic E-state index is -0.402. The van der Waals surface area contributed by atoms with Crippen molar-refractivity contribution in [3.63, 3.8) is 0 Å². The minimum Gasteiger partial charge on any atom is -0.496 e. The fourth-order valence-electron chi connectivity index (χ4n) is 3.00. The predicted molar refractivity (Wildman–Crippen MR) is 93.4 cm³/mol. The first-order valence-corrected chi connectivity index (χ1v) is 8.38. The third-order valence-corrected chi connectivity index (χ3v) is 4.43. The van der Waals surface area contributed by atoms with E-state index in [0.717, 1.165) is 0 Å². The van der Waals surface area contributed by atoms with E-state index in [0.29, 0.717) is 43.1 Å². The van der Waals surface area contributed by atoms with Gasteiger partial charge in [-0.2, -0.15) is 0 Å². The summed E-state index contributed by atoms with van der Waals surface area (Å²) < 4.78 is 18.6. The molecular weight excluding hydrogens is 337 g/mol. The van der Waals surface area contributed by atoms with Gasteiger partial charge in [0.25, 0.3) is 5.91 Å². The normalized spacial score (nSPS) is 14.2. The number of aromatic nitrogens is 1. The van der Waals surface area contributed by atoms with Crippen LogP contribution in [0.1, 0.15) is 15.9 Å². The number of rotatable bonds is 4. The highest BCUT2D eigenvalue weighted by Crippen LogP contribution is 2.21. The molecule has 0 aliphatic carbocycles. The number of ether oxygens (including phenoxy) is 1. The van der Waals surface area contributed by atoms with Crippen LogP contribution in [-0.2, 0) is 11.2 Å². The maximum absolute atomic E-state index is 13.4. The number of nitrogens with zero attached hydrogens (tertiary/aromatic N) is 3. The first-order valence-electron chi connectivity index (χ1n) is 8.38. The number of hydrogen-bond acceptors (Lipinski definition) is 4. The molecule has 1 saturated heterocycles. The highest BCUT2D eigenvalue weighted by atomic mass is 19.1. The highest BCUT2D eigenvalue weighted by molar-refractivity contribution is 5.94. The van der Waals surface area contributed by atoms with Crippen LogP contribution >= 0.6 is 0 Å². The third kappa shape index (κ3) is 3.99. The molecule has 7 heteroatoms. The number of hydrogen-bond donors (Lipinski definition) is 0. The molecule has 0 unspecified atom stereocenters. The van der Waals surface area contributed by atoms with Gasteiger partial charge >= 0.3 is 0 Å². The second-order valence-corrected chi connectivity index (χ2v) is 6.04. The van der Waals surface area contributed by atoms with Gasteiger partial charge in [-0.3, -0.25) is 14.6 Å². The van der Waals surface area contributed by atoms with Crippen molar-refractivity contribution < 1.29 is 18.7 Å². The van der Waals surface area contributed by atoms with Crippen LogP contribution in [0, 0.1) is 5.82 Å². The summed E-state index contributed by atoms with van der Waals surface area (Å²) >= 11 is 0. The summed E-state index contributed by atoms with van der Waals surface area (Å²) in [7, 11) is 1.49. The van der Waals surface area contributed by atoms with Crippen molar-refractivity contribution in [3.8, 4) is 5.75 Å². The van der Waals surface area contributed by atoms with Crippen molar-refractivity contribution in [2.75, 3.05) is 33.3 Å². The van der Waals surface area contributed by atoms with E-state index in [-0.39, 0.29) is 18.2 Å². The number of carbonyl (C=O) groups excluding carboxylic acids is 2. The van der Waals surface area contributed by atoms with Crippen molar-refractivity contribution in [2.45, 2.75) is 6.42 Å². The molecule has 1 aliphatic rings. The lowest BCUT2D eigenvalue weighted by Crippen LogP contribution is -2.51. The van der Waals surface area contributed by atoms with Crippen molar-refractivity contribution in [1.82, 2.24) is 14.8 Å². The Bertz CT molecular complexity index is 790. The number of piperazine rings is 1. The molecule has 1 aliphatic heterocycles. The molecule has 1 aromatic heterocycles.